The Hall–Kier alpha value is -3.68. The summed E-state index contributed by atoms with van der Waals surface area (Å²) in [5.41, 5.74) is 5.00. The van der Waals surface area contributed by atoms with Crippen molar-refractivity contribution in [2.75, 3.05) is 11.9 Å². The summed E-state index contributed by atoms with van der Waals surface area (Å²) in [4.78, 5) is 25.2. The third-order valence-corrected chi connectivity index (χ3v) is 5.10. The first-order chi connectivity index (χ1) is 14.1. The van der Waals surface area contributed by atoms with Crippen LogP contribution in [0.2, 0.25) is 0 Å². The van der Waals surface area contributed by atoms with Crippen molar-refractivity contribution in [3.63, 3.8) is 0 Å². The fourth-order valence-electron chi connectivity index (χ4n) is 3.89. The predicted octanol–water partition coefficient (Wildman–Crippen LogP) is 2.59. The molecule has 5 rings (SSSR count). The quantitative estimate of drug-likeness (QED) is 0.650. The van der Waals surface area contributed by atoms with Gasteiger partial charge in [-0.1, -0.05) is 18.2 Å². The molecule has 8 nitrogen and oxygen atoms in total. The number of fused-ring (bicyclic) bond motifs is 2. The molecule has 0 bridgehead atoms. The van der Waals surface area contributed by atoms with Crippen molar-refractivity contribution < 1.29 is 19.4 Å². The number of benzene rings is 1. The highest BCUT2D eigenvalue weighted by atomic mass is 16.5. The van der Waals surface area contributed by atoms with Crippen molar-refractivity contribution in [3.8, 4) is 17.1 Å². The van der Waals surface area contributed by atoms with E-state index < -0.39 is 0 Å². The summed E-state index contributed by atoms with van der Waals surface area (Å²) < 4.78 is 7.36. The van der Waals surface area contributed by atoms with Crippen LogP contribution in [0.1, 0.15) is 29.0 Å². The van der Waals surface area contributed by atoms with Gasteiger partial charge in [-0.05, 0) is 29.3 Å². The van der Waals surface area contributed by atoms with Crippen molar-refractivity contribution in [3.05, 3.63) is 59.3 Å². The maximum Gasteiger partial charge on any atom is 0.290 e. The summed E-state index contributed by atoms with van der Waals surface area (Å²) in [6, 6.07) is 12.0. The first kappa shape index (κ1) is 18.7. The Morgan fingerprint density at radius 2 is 2.14 bits per heavy atom. The second-order valence-corrected chi connectivity index (χ2v) is 6.83. The summed E-state index contributed by atoms with van der Waals surface area (Å²) in [5, 5.41) is 14.5. The second kappa shape index (κ2) is 7.75. The van der Waals surface area contributed by atoms with Crippen LogP contribution in [-0.2, 0) is 23.1 Å². The van der Waals surface area contributed by atoms with Gasteiger partial charge in [-0.25, -0.2) is 0 Å². The van der Waals surface area contributed by atoms with Gasteiger partial charge in [0.25, 0.3) is 6.47 Å². The van der Waals surface area contributed by atoms with Gasteiger partial charge in [-0.15, -0.1) is 0 Å². The molecule has 0 fully saturated rings. The lowest BCUT2D eigenvalue weighted by atomic mass is 9.84. The van der Waals surface area contributed by atoms with Crippen molar-refractivity contribution in [1.82, 2.24) is 14.8 Å². The molecule has 2 N–H and O–H groups in total. The molecule has 0 radical (unpaired) electrons. The topological polar surface area (TPSA) is 106 Å². The number of aromatic nitrogens is 3. The fourth-order valence-corrected chi connectivity index (χ4v) is 3.89. The zero-order valence-corrected chi connectivity index (χ0v) is 15.8. The normalized spacial score (nSPS) is 16.6. The molecule has 148 valence electrons. The van der Waals surface area contributed by atoms with Crippen LogP contribution in [-0.4, -0.2) is 38.9 Å². The lowest BCUT2D eigenvalue weighted by Gasteiger charge is -2.24. The lowest BCUT2D eigenvalue weighted by molar-refractivity contribution is -0.123. The van der Waals surface area contributed by atoms with Crippen molar-refractivity contribution in [1.29, 1.82) is 0 Å². The molecule has 4 heterocycles. The number of hydrogen-bond acceptors (Lipinski definition) is 5. The van der Waals surface area contributed by atoms with E-state index in [1.165, 1.54) is 5.56 Å². The van der Waals surface area contributed by atoms with Gasteiger partial charge in [0, 0.05) is 37.6 Å². The number of amides is 1. The molecule has 1 amide bonds. The molecule has 2 aliphatic rings. The second-order valence-electron chi connectivity index (χ2n) is 6.83. The maximum absolute atomic E-state index is 12.3. The van der Waals surface area contributed by atoms with E-state index in [2.05, 4.69) is 27.5 Å². The Kier molecular flexibility index (Phi) is 4.99. The first-order valence-electron chi connectivity index (χ1n) is 9.24. The van der Waals surface area contributed by atoms with Crippen LogP contribution in [0.5, 0.6) is 5.75 Å². The zero-order valence-electron chi connectivity index (χ0n) is 15.8. The van der Waals surface area contributed by atoms with E-state index in [0.717, 1.165) is 47.1 Å². The van der Waals surface area contributed by atoms with Crippen LogP contribution in [0.15, 0.2) is 42.6 Å². The van der Waals surface area contributed by atoms with E-state index in [9.17, 15) is 4.79 Å². The number of rotatable bonds is 2. The number of nitrogens with zero attached hydrogens (tertiary/aromatic N) is 3. The number of pyridine rings is 1. The molecule has 1 aromatic carbocycles. The number of nitrogens with one attached hydrogen (secondary N) is 1. The Balaban J connectivity index is 0.000000645. The van der Waals surface area contributed by atoms with Crippen LogP contribution in [0.25, 0.3) is 11.4 Å². The van der Waals surface area contributed by atoms with Gasteiger partial charge in [-0.2, -0.15) is 5.10 Å². The monoisotopic (exact) mass is 392 g/mol. The number of aryl methyl sites for hydroxylation is 1. The molecule has 2 aliphatic heterocycles. The summed E-state index contributed by atoms with van der Waals surface area (Å²) in [7, 11) is 1.85. The smallest absolute Gasteiger partial charge is 0.290 e. The van der Waals surface area contributed by atoms with Crippen LogP contribution in [0.4, 0.5) is 5.82 Å². The van der Waals surface area contributed by atoms with E-state index in [1.807, 2.05) is 31.3 Å². The van der Waals surface area contributed by atoms with Gasteiger partial charge in [0.05, 0.1) is 12.3 Å². The van der Waals surface area contributed by atoms with Crippen LogP contribution in [0, 0.1) is 0 Å². The van der Waals surface area contributed by atoms with Gasteiger partial charge in [0.15, 0.2) is 0 Å². The van der Waals surface area contributed by atoms with E-state index in [0.29, 0.717) is 6.42 Å². The largest absolute Gasteiger partial charge is 0.493 e. The third-order valence-electron chi connectivity index (χ3n) is 5.10. The number of hydrogen-bond donors (Lipinski definition) is 2. The number of carbonyl (C=O) groups is 2. The summed E-state index contributed by atoms with van der Waals surface area (Å²) in [6.45, 7) is 0.473. The Morgan fingerprint density at radius 1 is 1.31 bits per heavy atom. The van der Waals surface area contributed by atoms with Gasteiger partial charge >= 0.3 is 0 Å². The Labute approximate surface area is 167 Å². The van der Waals surface area contributed by atoms with Crippen molar-refractivity contribution >= 4 is 18.2 Å². The van der Waals surface area contributed by atoms with Gasteiger partial charge in [0.2, 0.25) is 5.91 Å². The fraction of sp³-hybridized carbons (Fsp3) is 0.238. The molecule has 8 heteroatoms. The highest BCUT2D eigenvalue weighted by Crippen LogP contribution is 2.43. The molecule has 2 aromatic heterocycles. The van der Waals surface area contributed by atoms with E-state index in [1.54, 1.807) is 10.9 Å². The summed E-state index contributed by atoms with van der Waals surface area (Å²) in [5.74, 6) is 1.67. The molecule has 1 atom stereocenters. The minimum Gasteiger partial charge on any atom is -0.493 e. The summed E-state index contributed by atoms with van der Waals surface area (Å²) in [6.07, 6.45) is 3.08. The summed E-state index contributed by atoms with van der Waals surface area (Å²) >= 11 is 0. The number of carboxylic acid groups (broad SMARTS) is 1. The molecule has 1 unspecified atom stereocenters. The molecule has 29 heavy (non-hydrogen) atoms. The highest BCUT2D eigenvalue weighted by Gasteiger charge is 2.34. The third kappa shape index (κ3) is 3.44. The molecule has 0 spiro atoms. The zero-order chi connectivity index (χ0) is 20.4. The van der Waals surface area contributed by atoms with Gasteiger partial charge in [-0.3, -0.25) is 19.3 Å². The Bertz CT molecular complexity index is 1060. The lowest BCUT2D eigenvalue weighted by Crippen LogP contribution is -2.24. The molecule has 0 aliphatic carbocycles. The number of ether oxygens (including phenoxy) is 1. The SMILES string of the molecule is Cn1nc(-c2ccccn2)c2c1NC(=O)CC2c1ccc2c(c1)CCO2.O=CO. The molecular weight excluding hydrogens is 372 g/mol. The predicted molar refractivity (Wildman–Crippen MR) is 106 cm³/mol. The van der Waals surface area contributed by atoms with Crippen LogP contribution in [0.3, 0.4) is 0 Å². The Morgan fingerprint density at radius 3 is 2.90 bits per heavy atom. The van der Waals surface area contributed by atoms with Crippen molar-refractivity contribution in [2.24, 2.45) is 7.05 Å². The minimum absolute atomic E-state index is 0.00909. The van der Waals surface area contributed by atoms with Crippen LogP contribution < -0.4 is 10.1 Å². The average molecular weight is 392 g/mol. The standard InChI is InChI=1S/C20H18N4O2.CH2O2/c1-24-20-18(19(23-24)15-4-2-3-8-21-15)14(11-17(25)22-20)12-5-6-16-13(10-12)7-9-26-16;2-1-3/h2-6,8,10,14H,7,9,11H2,1H3,(H,22,25);1H,(H,2,3). The van der Waals surface area contributed by atoms with E-state index in [-0.39, 0.29) is 18.3 Å². The molecule has 3 aromatic rings. The minimum atomic E-state index is -0.250. The van der Waals surface area contributed by atoms with E-state index in [4.69, 9.17) is 14.6 Å². The van der Waals surface area contributed by atoms with Gasteiger partial charge in [0.1, 0.15) is 17.3 Å². The number of carbonyl (C=O) groups excluding carboxylic acids is 1. The molecular formula is C21H20N4O4. The van der Waals surface area contributed by atoms with Crippen LogP contribution >= 0.6 is 0 Å². The molecule has 0 saturated heterocycles. The first-order valence-corrected chi connectivity index (χ1v) is 9.24. The number of anilines is 1. The van der Waals surface area contributed by atoms with E-state index >= 15 is 0 Å². The highest BCUT2D eigenvalue weighted by molar-refractivity contribution is 5.96. The molecule has 0 saturated carbocycles. The van der Waals surface area contributed by atoms with Crippen molar-refractivity contribution in [2.45, 2.75) is 18.8 Å². The van der Waals surface area contributed by atoms with Gasteiger partial charge < -0.3 is 15.2 Å². The average Bonchev–Trinajstić information content (AvgIpc) is 3.33. The maximum atomic E-state index is 12.3.